The number of likely N-dealkylation sites (tertiary alicyclic amines) is 1. The summed E-state index contributed by atoms with van der Waals surface area (Å²) in [6.45, 7) is 6.26. The molecule has 7 heteroatoms. The zero-order valence-electron chi connectivity index (χ0n) is 15.8. The Hall–Kier alpha value is -1.59. The van der Waals surface area contributed by atoms with Crippen LogP contribution in [0.4, 0.5) is 5.69 Å². The van der Waals surface area contributed by atoms with Crippen molar-refractivity contribution >= 4 is 46.6 Å². The summed E-state index contributed by atoms with van der Waals surface area (Å²) < 4.78 is 0. The van der Waals surface area contributed by atoms with Crippen molar-refractivity contribution in [2.75, 3.05) is 11.9 Å². The zero-order valence-corrected chi connectivity index (χ0v) is 17.3. The van der Waals surface area contributed by atoms with E-state index in [0.717, 1.165) is 12.8 Å². The number of halogens is 2. The molecule has 1 heterocycles. The van der Waals surface area contributed by atoms with E-state index in [2.05, 4.69) is 5.32 Å². The molecular weight excluding hydrogens is 387 g/mol. The molecule has 2 atom stereocenters. The lowest BCUT2D eigenvalue weighted by molar-refractivity contribution is -0.168. The van der Waals surface area contributed by atoms with Crippen LogP contribution in [0.15, 0.2) is 18.2 Å². The van der Waals surface area contributed by atoms with Crippen molar-refractivity contribution in [2.45, 2.75) is 46.5 Å². The number of fused-ring (bicyclic) bond motifs is 2. The summed E-state index contributed by atoms with van der Waals surface area (Å²) >= 11 is 11.9. The minimum absolute atomic E-state index is 0.0962. The number of piperidine rings is 1. The third-order valence-corrected chi connectivity index (χ3v) is 7.05. The molecule has 1 N–H and O–H groups in total. The van der Waals surface area contributed by atoms with E-state index in [4.69, 9.17) is 23.2 Å². The molecule has 146 valence electrons. The second-order valence-electron chi connectivity index (χ2n) is 8.22. The van der Waals surface area contributed by atoms with Crippen molar-refractivity contribution in [1.29, 1.82) is 0 Å². The molecule has 0 spiro atoms. The number of hydrogen-bond donors (Lipinski definition) is 1. The highest BCUT2D eigenvalue weighted by atomic mass is 35.5. The molecule has 5 nitrogen and oxygen atoms in total. The normalized spacial score (nSPS) is 26.4. The van der Waals surface area contributed by atoms with Gasteiger partial charge in [-0.15, -0.1) is 0 Å². The fourth-order valence-electron chi connectivity index (χ4n) is 4.31. The van der Waals surface area contributed by atoms with Crippen molar-refractivity contribution in [1.82, 2.24) is 4.90 Å². The average molecular weight is 411 g/mol. The number of carbonyl (C=O) groups excluding carboxylic acids is 3. The van der Waals surface area contributed by atoms with Gasteiger partial charge in [-0.2, -0.15) is 0 Å². The Balaban J connectivity index is 1.58. The van der Waals surface area contributed by atoms with E-state index < -0.39 is 5.41 Å². The fraction of sp³-hybridized carbons (Fsp3) is 0.550. The van der Waals surface area contributed by atoms with Gasteiger partial charge in [-0.3, -0.25) is 19.3 Å². The minimum atomic E-state index is -0.509. The zero-order chi connectivity index (χ0) is 20.0. The first-order valence-electron chi connectivity index (χ1n) is 9.18. The van der Waals surface area contributed by atoms with E-state index in [-0.39, 0.29) is 42.0 Å². The van der Waals surface area contributed by atoms with Crippen molar-refractivity contribution < 1.29 is 14.4 Å². The van der Waals surface area contributed by atoms with Gasteiger partial charge < -0.3 is 5.32 Å². The van der Waals surface area contributed by atoms with Gasteiger partial charge in [0.1, 0.15) is 0 Å². The summed E-state index contributed by atoms with van der Waals surface area (Å²) in [6.07, 6.45) is 2.10. The van der Waals surface area contributed by atoms with Gasteiger partial charge in [-0.05, 0) is 42.9 Å². The SMILES string of the molecule is CC12CCC(C(=O)N(CCCC(=O)Nc3ccc(Cl)cc3Cl)C1=O)C2(C)C. The predicted molar refractivity (Wildman–Crippen MR) is 106 cm³/mol. The lowest BCUT2D eigenvalue weighted by atomic mass is 9.62. The Kier molecular flexibility index (Phi) is 5.30. The summed E-state index contributed by atoms with van der Waals surface area (Å²) in [5, 5.41) is 3.59. The molecule has 2 unspecified atom stereocenters. The molecule has 3 amide bonds. The van der Waals surface area contributed by atoms with Crippen LogP contribution in [0.3, 0.4) is 0 Å². The first-order valence-corrected chi connectivity index (χ1v) is 9.94. The fourth-order valence-corrected chi connectivity index (χ4v) is 4.77. The molecule has 3 rings (SSSR count). The Bertz CT molecular complexity index is 808. The topological polar surface area (TPSA) is 66.5 Å². The summed E-state index contributed by atoms with van der Waals surface area (Å²) in [5.41, 5.74) is -0.339. The van der Waals surface area contributed by atoms with Gasteiger partial charge in [-0.25, -0.2) is 0 Å². The number of benzene rings is 1. The predicted octanol–water partition coefficient (Wildman–Crippen LogP) is 4.52. The van der Waals surface area contributed by atoms with Crippen molar-refractivity contribution in [3.05, 3.63) is 28.2 Å². The first kappa shape index (κ1) is 20.2. The summed E-state index contributed by atoms with van der Waals surface area (Å²) in [5.74, 6) is -0.541. The van der Waals surface area contributed by atoms with Crippen LogP contribution in [-0.4, -0.2) is 29.2 Å². The Labute approximate surface area is 169 Å². The molecule has 1 aromatic carbocycles. The van der Waals surface area contributed by atoms with Gasteiger partial charge >= 0.3 is 0 Å². The largest absolute Gasteiger partial charge is 0.325 e. The second-order valence-corrected chi connectivity index (χ2v) is 9.06. The third-order valence-electron chi connectivity index (χ3n) is 6.50. The molecule has 0 aromatic heterocycles. The monoisotopic (exact) mass is 410 g/mol. The maximum absolute atomic E-state index is 12.9. The average Bonchev–Trinajstić information content (AvgIpc) is 2.77. The number of hydrogen-bond acceptors (Lipinski definition) is 3. The Morgan fingerprint density at radius 1 is 1.26 bits per heavy atom. The van der Waals surface area contributed by atoms with Gasteiger partial charge in [-0.1, -0.05) is 44.0 Å². The molecule has 0 radical (unpaired) electrons. The Morgan fingerprint density at radius 3 is 2.63 bits per heavy atom. The quantitative estimate of drug-likeness (QED) is 0.725. The molecule has 1 aliphatic heterocycles. The van der Waals surface area contributed by atoms with Crippen LogP contribution in [0.1, 0.15) is 46.5 Å². The van der Waals surface area contributed by atoms with E-state index in [1.165, 1.54) is 4.90 Å². The van der Waals surface area contributed by atoms with Crippen LogP contribution < -0.4 is 5.32 Å². The minimum Gasteiger partial charge on any atom is -0.325 e. The molecule has 1 aromatic rings. The maximum Gasteiger partial charge on any atom is 0.235 e. The number of imide groups is 1. The molecule has 1 saturated carbocycles. The van der Waals surface area contributed by atoms with E-state index in [9.17, 15) is 14.4 Å². The first-order chi connectivity index (χ1) is 12.6. The molecule has 2 aliphatic rings. The highest BCUT2D eigenvalue weighted by molar-refractivity contribution is 6.36. The van der Waals surface area contributed by atoms with Crippen molar-refractivity contribution in [2.24, 2.45) is 16.7 Å². The molecular formula is C20H24Cl2N2O3. The summed E-state index contributed by atoms with van der Waals surface area (Å²) in [4.78, 5) is 39.3. The molecule has 27 heavy (non-hydrogen) atoms. The van der Waals surface area contributed by atoms with Gasteiger partial charge in [0.15, 0.2) is 0 Å². The van der Waals surface area contributed by atoms with E-state index in [1.54, 1.807) is 18.2 Å². The van der Waals surface area contributed by atoms with Crippen LogP contribution in [0.25, 0.3) is 0 Å². The molecule has 1 saturated heterocycles. The third kappa shape index (κ3) is 3.36. The van der Waals surface area contributed by atoms with Crippen LogP contribution in [0, 0.1) is 16.7 Å². The van der Waals surface area contributed by atoms with Gasteiger partial charge in [0, 0.05) is 23.9 Å². The van der Waals surface area contributed by atoms with Gasteiger partial charge in [0.2, 0.25) is 17.7 Å². The number of amides is 3. The van der Waals surface area contributed by atoms with Gasteiger partial charge in [0.25, 0.3) is 0 Å². The van der Waals surface area contributed by atoms with E-state index in [0.29, 0.717) is 22.2 Å². The molecule has 1 aliphatic carbocycles. The maximum atomic E-state index is 12.9. The van der Waals surface area contributed by atoms with Crippen LogP contribution in [0.5, 0.6) is 0 Å². The Morgan fingerprint density at radius 2 is 1.96 bits per heavy atom. The van der Waals surface area contributed by atoms with Crippen molar-refractivity contribution in [3.63, 3.8) is 0 Å². The number of rotatable bonds is 5. The highest BCUT2D eigenvalue weighted by Gasteiger charge is 2.64. The lowest BCUT2D eigenvalue weighted by Crippen LogP contribution is -2.59. The number of nitrogens with zero attached hydrogens (tertiary/aromatic N) is 1. The molecule has 2 bridgehead atoms. The second kappa shape index (κ2) is 7.10. The summed E-state index contributed by atoms with van der Waals surface area (Å²) in [6, 6.07) is 4.84. The smallest absolute Gasteiger partial charge is 0.235 e. The molecule has 2 fully saturated rings. The summed E-state index contributed by atoms with van der Waals surface area (Å²) in [7, 11) is 0. The van der Waals surface area contributed by atoms with Crippen molar-refractivity contribution in [3.8, 4) is 0 Å². The standard InChI is InChI=1S/C20H24Cl2N2O3/c1-19(2)13-8-9-20(19,3)18(27)24(17(13)26)10-4-5-16(25)23-15-7-6-12(21)11-14(15)22/h6-7,11,13H,4-5,8-10H2,1-3H3,(H,23,25). The lowest BCUT2D eigenvalue weighted by Gasteiger charge is -2.47. The van der Waals surface area contributed by atoms with Crippen LogP contribution in [0.2, 0.25) is 10.0 Å². The van der Waals surface area contributed by atoms with Crippen LogP contribution in [-0.2, 0) is 14.4 Å². The number of carbonyl (C=O) groups is 3. The van der Waals surface area contributed by atoms with Crippen LogP contribution >= 0.6 is 23.2 Å². The highest BCUT2D eigenvalue weighted by Crippen LogP contribution is 2.60. The number of nitrogens with one attached hydrogen (secondary N) is 1. The van der Waals surface area contributed by atoms with E-state index >= 15 is 0 Å². The number of anilines is 1. The van der Waals surface area contributed by atoms with Gasteiger partial charge in [0.05, 0.1) is 16.1 Å². The van der Waals surface area contributed by atoms with E-state index in [1.807, 2.05) is 20.8 Å².